The number of hydrogen-bond donors (Lipinski definition) is 2. The quantitative estimate of drug-likeness (QED) is 0.388. The van der Waals surface area contributed by atoms with E-state index in [1.807, 2.05) is 6.92 Å². The van der Waals surface area contributed by atoms with Crippen LogP contribution in [0.1, 0.15) is 11.3 Å². The number of oxime groups is 1. The van der Waals surface area contributed by atoms with Crippen molar-refractivity contribution in [2.45, 2.75) is 16.7 Å². The summed E-state index contributed by atoms with van der Waals surface area (Å²) in [6.07, 6.45) is 1.56. The maximum Gasteiger partial charge on any atom is 0.170 e. The molecule has 4 nitrogen and oxygen atoms in total. The van der Waals surface area contributed by atoms with Crippen molar-refractivity contribution in [3.8, 4) is 0 Å². The molecule has 94 valence electrons. The number of rotatable bonds is 3. The molecule has 0 aliphatic rings. The second-order valence-electron chi connectivity index (χ2n) is 3.57. The van der Waals surface area contributed by atoms with Gasteiger partial charge in [0.1, 0.15) is 11.6 Å². The Morgan fingerprint density at radius 1 is 1.39 bits per heavy atom. The summed E-state index contributed by atoms with van der Waals surface area (Å²) in [6, 6.07) is 6.18. The molecule has 6 heteroatoms. The highest BCUT2D eigenvalue weighted by molar-refractivity contribution is 7.99. The van der Waals surface area contributed by atoms with Crippen LogP contribution in [0.3, 0.4) is 0 Å². The number of furan rings is 1. The molecule has 2 aromatic rings. The summed E-state index contributed by atoms with van der Waals surface area (Å²) in [5, 5.41) is 11.3. The van der Waals surface area contributed by atoms with E-state index in [2.05, 4.69) is 5.16 Å². The lowest BCUT2D eigenvalue weighted by atomic mass is 10.2. The molecule has 1 heterocycles. The first-order valence-corrected chi connectivity index (χ1v) is 5.93. The molecule has 2 rings (SSSR count). The molecule has 0 aliphatic carbocycles. The summed E-state index contributed by atoms with van der Waals surface area (Å²) in [5.41, 5.74) is 5.72. The fourth-order valence-corrected chi connectivity index (χ4v) is 2.24. The van der Waals surface area contributed by atoms with E-state index in [4.69, 9.17) is 15.4 Å². The van der Waals surface area contributed by atoms with Crippen LogP contribution < -0.4 is 5.73 Å². The molecule has 0 atom stereocenters. The summed E-state index contributed by atoms with van der Waals surface area (Å²) >= 11 is 1.26. The van der Waals surface area contributed by atoms with Crippen molar-refractivity contribution in [1.82, 2.24) is 0 Å². The lowest BCUT2D eigenvalue weighted by Gasteiger charge is -2.04. The number of halogens is 1. The molecular weight excluding hydrogens is 255 g/mol. The molecule has 0 amide bonds. The molecule has 0 radical (unpaired) electrons. The molecule has 3 N–H and O–H groups in total. The predicted octanol–water partition coefficient (Wildman–Crippen LogP) is 2.97. The van der Waals surface area contributed by atoms with Crippen molar-refractivity contribution in [2.75, 3.05) is 0 Å². The van der Waals surface area contributed by atoms with Gasteiger partial charge in [-0.1, -0.05) is 16.9 Å². The minimum atomic E-state index is -0.426. The van der Waals surface area contributed by atoms with Gasteiger partial charge >= 0.3 is 0 Å². The number of benzene rings is 1. The second-order valence-corrected chi connectivity index (χ2v) is 4.66. The molecule has 0 bridgehead atoms. The highest BCUT2D eigenvalue weighted by Crippen LogP contribution is 2.32. The minimum Gasteiger partial charge on any atom is -0.468 e. The maximum atomic E-state index is 13.8. The molecular formula is C12H11FN2O2S. The van der Waals surface area contributed by atoms with Crippen molar-refractivity contribution in [1.29, 1.82) is 0 Å². The number of amidine groups is 1. The summed E-state index contributed by atoms with van der Waals surface area (Å²) in [4.78, 5) is 1.31. The van der Waals surface area contributed by atoms with Crippen LogP contribution in [0.5, 0.6) is 0 Å². The molecule has 0 aliphatic heterocycles. The van der Waals surface area contributed by atoms with Crippen LogP contribution >= 0.6 is 11.8 Å². The third kappa shape index (κ3) is 2.48. The Bertz CT molecular complexity index is 596. The lowest BCUT2D eigenvalue weighted by Crippen LogP contribution is -2.13. The molecule has 1 aromatic carbocycles. The lowest BCUT2D eigenvalue weighted by molar-refractivity contribution is 0.318. The van der Waals surface area contributed by atoms with E-state index in [9.17, 15) is 4.39 Å². The number of nitrogens with zero attached hydrogens (tertiary/aromatic N) is 1. The Morgan fingerprint density at radius 3 is 2.72 bits per heavy atom. The van der Waals surface area contributed by atoms with Crippen molar-refractivity contribution < 1.29 is 14.0 Å². The minimum absolute atomic E-state index is 0.120. The monoisotopic (exact) mass is 266 g/mol. The second kappa shape index (κ2) is 5.14. The first-order chi connectivity index (χ1) is 8.61. The van der Waals surface area contributed by atoms with Crippen molar-refractivity contribution in [3.05, 3.63) is 47.7 Å². The Morgan fingerprint density at radius 2 is 2.17 bits per heavy atom. The summed E-state index contributed by atoms with van der Waals surface area (Å²) < 4.78 is 19.0. The van der Waals surface area contributed by atoms with E-state index in [1.54, 1.807) is 24.5 Å². The molecule has 0 unspecified atom stereocenters. The number of aryl methyl sites for hydroxylation is 1. The third-order valence-electron chi connectivity index (χ3n) is 2.37. The van der Waals surface area contributed by atoms with Crippen LogP contribution in [0.25, 0.3) is 0 Å². The van der Waals surface area contributed by atoms with Gasteiger partial charge in [-0.3, -0.25) is 0 Å². The zero-order valence-electron chi connectivity index (χ0n) is 9.55. The van der Waals surface area contributed by atoms with E-state index < -0.39 is 5.82 Å². The zero-order valence-corrected chi connectivity index (χ0v) is 10.4. The summed E-state index contributed by atoms with van der Waals surface area (Å²) in [5.74, 6) is 0.189. The van der Waals surface area contributed by atoms with Crippen LogP contribution in [0.15, 0.2) is 49.9 Å². The molecule has 0 saturated heterocycles. The van der Waals surface area contributed by atoms with Gasteiger partial charge in [0.05, 0.1) is 11.2 Å². The maximum absolute atomic E-state index is 13.8. The van der Waals surface area contributed by atoms with Crippen LogP contribution in [-0.2, 0) is 0 Å². The zero-order chi connectivity index (χ0) is 13.1. The van der Waals surface area contributed by atoms with Crippen LogP contribution in [0, 0.1) is 12.7 Å². The fraction of sp³-hybridized carbons (Fsp3) is 0.0833. The van der Waals surface area contributed by atoms with Gasteiger partial charge < -0.3 is 15.4 Å². The molecule has 0 fully saturated rings. The smallest absolute Gasteiger partial charge is 0.170 e. The SMILES string of the molecule is Cc1occc1Sc1ccc(/C(N)=N/O)cc1F. The molecule has 0 saturated carbocycles. The van der Waals surface area contributed by atoms with Gasteiger partial charge in [-0.15, -0.1) is 0 Å². The molecule has 0 spiro atoms. The Kier molecular flexibility index (Phi) is 3.57. The topological polar surface area (TPSA) is 71.8 Å². The number of hydrogen-bond acceptors (Lipinski definition) is 4. The van der Waals surface area contributed by atoms with Crippen molar-refractivity contribution >= 4 is 17.6 Å². The van der Waals surface area contributed by atoms with Gasteiger partial charge in [0.25, 0.3) is 0 Å². The van der Waals surface area contributed by atoms with Gasteiger partial charge in [0.15, 0.2) is 5.84 Å². The highest BCUT2D eigenvalue weighted by Gasteiger charge is 2.10. The first-order valence-electron chi connectivity index (χ1n) is 5.11. The fourth-order valence-electron chi connectivity index (χ4n) is 1.40. The van der Waals surface area contributed by atoms with E-state index in [-0.39, 0.29) is 5.84 Å². The van der Waals surface area contributed by atoms with Gasteiger partial charge in [-0.25, -0.2) is 4.39 Å². The van der Waals surface area contributed by atoms with Crippen LogP contribution in [-0.4, -0.2) is 11.0 Å². The summed E-state index contributed by atoms with van der Waals surface area (Å²) in [6.45, 7) is 1.81. The molecule has 1 aromatic heterocycles. The summed E-state index contributed by atoms with van der Waals surface area (Å²) in [7, 11) is 0. The number of nitrogens with two attached hydrogens (primary N) is 1. The van der Waals surface area contributed by atoms with Crippen molar-refractivity contribution in [2.24, 2.45) is 10.9 Å². The van der Waals surface area contributed by atoms with E-state index in [0.29, 0.717) is 10.5 Å². The average Bonchev–Trinajstić information content (AvgIpc) is 2.76. The Labute approximate surface area is 107 Å². The van der Waals surface area contributed by atoms with Crippen LogP contribution in [0.2, 0.25) is 0 Å². The van der Waals surface area contributed by atoms with E-state index in [1.165, 1.54) is 17.8 Å². The predicted molar refractivity (Wildman–Crippen MR) is 66.5 cm³/mol. The normalized spacial score (nSPS) is 11.8. The Hall–Kier alpha value is -1.95. The average molecular weight is 266 g/mol. The standard InChI is InChI=1S/C12H11FN2O2S/c1-7-10(4-5-17-7)18-11-3-2-8(6-9(11)13)12(14)15-16/h2-6,16H,1H3,(H2,14,15). The first kappa shape index (κ1) is 12.5. The van der Waals surface area contributed by atoms with Crippen molar-refractivity contribution in [3.63, 3.8) is 0 Å². The third-order valence-corrected chi connectivity index (χ3v) is 3.56. The van der Waals surface area contributed by atoms with Gasteiger partial charge in [-0.05, 0) is 31.2 Å². The highest BCUT2D eigenvalue weighted by atomic mass is 32.2. The van der Waals surface area contributed by atoms with Gasteiger partial charge in [0.2, 0.25) is 0 Å². The molecule has 18 heavy (non-hydrogen) atoms. The largest absolute Gasteiger partial charge is 0.468 e. The van der Waals surface area contributed by atoms with E-state index in [0.717, 1.165) is 10.7 Å². The van der Waals surface area contributed by atoms with Gasteiger partial charge in [-0.2, -0.15) is 0 Å². The Balaban J connectivity index is 2.28. The van der Waals surface area contributed by atoms with Crippen LogP contribution in [0.4, 0.5) is 4.39 Å². The van der Waals surface area contributed by atoms with Gasteiger partial charge in [0, 0.05) is 10.5 Å². The van der Waals surface area contributed by atoms with E-state index >= 15 is 0 Å².